The molecule has 10 aromatic carbocycles. The molecule has 286 valence electrons. The van der Waals surface area contributed by atoms with Gasteiger partial charge in [0.2, 0.25) is 0 Å². The molecule has 2 aliphatic rings. The van der Waals surface area contributed by atoms with Crippen molar-refractivity contribution in [3.05, 3.63) is 265 Å². The fourth-order valence-corrected chi connectivity index (χ4v) is 10.5. The van der Waals surface area contributed by atoms with E-state index in [0.29, 0.717) is 0 Å². The molecule has 2 aliphatic carbocycles. The van der Waals surface area contributed by atoms with Gasteiger partial charge in [0.15, 0.2) is 0 Å². The molecule has 0 heterocycles. The summed E-state index contributed by atoms with van der Waals surface area (Å²) in [7, 11) is 0. The van der Waals surface area contributed by atoms with E-state index in [4.69, 9.17) is 0 Å². The Bertz CT molecular complexity index is 3210. The van der Waals surface area contributed by atoms with Crippen molar-refractivity contribution in [2.24, 2.45) is 0 Å². The van der Waals surface area contributed by atoms with Crippen molar-refractivity contribution in [3.8, 4) is 33.4 Å². The van der Waals surface area contributed by atoms with E-state index in [0.717, 1.165) is 34.1 Å². The van der Waals surface area contributed by atoms with E-state index in [1.54, 1.807) is 0 Å². The first-order valence-corrected chi connectivity index (χ1v) is 21.1. The molecule has 0 saturated heterocycles. The molecular formula is C59H40N2. The topological polar surface area (TPSA) is 6.48 Å². The minimum atomic E-state index is -0.572. The highest BCUT2D eigenvalue weighted by Crippen LogP contribution is 2.66. The van der Waals surface area contributed by atoms with Gasteiger partial charge < -0.3 is 9.80 Å². The van der Waals surface area contributed by atoms with Crippen LogP contribution in [0.25, 0.3) is 44.2 Å². The molecule has 2 heteroatoms. The average molecular weight is 777 g/mol. The van der Waals surface area contributed by atoms with Gasteiger partial charge in [0.1, 0.15) is 0 Å². The molecule has 0 aliphatic heterocycles. The first-order valence-electron chi connectivity index (χ1n) is 21.1. The van der Waals surface area contributed by atoms with Crippen molar-refractivity contribution < 1.29 is 0 Å². The van der Waals surface area contributed by atoms with E-state index in [-0.39, 0.29) is 0 Å². The van der Waals surface area contributed by atoms with Crippen molar-refractivity contribution in [3.63, 3.8) is 0 Å². The molecule has 12 rings (SSSR count). The first-order chi connectivity index (χ1) is 30.3. The summed E-state index contributed by atoms with van der Waals surface area (Å²) in [5.41, 5.74) is 18.9. The van der Waals surface area contributed by atoms with Crippen molar-refractivity contribution >= 4 is 44.9 Å². The van der Waals surface area contributed by atoms with E-state index in [9.17, 15) is 0 Å². The molecule has 1 unspecified atom stereocenters. The van der Waals surface area contributed by atoms with Gasteiger partial charge in [0.25, 0.3) is 0 Å². The molecule has 1 spiro atoms. The fraction of sp³-hybridized carbons (Fsp3) is 0.0169. The van der Waals surface area contributed by atoms with Crippen LogP contribution in [0.5, 0.6) is 0 Å². The Balaban J connectivity index is 1.18. The number of para-hydroxylation sites is 4. The lowest BCUT2D eigenvalue weighted by Crippen LogP contribution is -2.26. The summed E-state index contributed by atoms with van der Waals surface area (Å²) in [6.45, 7) is 0. The zero-order valence-electron chi connectivity index (χ0n) is 33.5. The maximum absolute atomic E-state index is 2.48. The minimum Gasteiger partial charge on any atom is -0.310 e. The summed E-state index contributed by atoms with van der Waals surface area (Å²) in [6, 6.07) is 88.9. The van der Waals surface area contributed by atoms with Crippen molar-refractivity contribution in [2.75, 3.05) is 9.80 Å². The lowest BCUT2D eigenvalue weighted by Gasteiger charge is -2.34. The maximum Gasteiger partial charge on any atom is 0.0732 e. The number of rotatable bonds is 7. The largest absolute Gasteiger partial charge is 0.310 e. The molecule has 2 nitrogen and oxygen atoms in total. The smallest absolute Gasteiger partial charge is 0.0732 e. The molecule has 0 fully saturated rings. The summed E-state index contributed by atoms with van der Waals surface area (Å²) >= 11 is 0. The first kappa shape index (κ1) is 35.0. The van der Waals surface area contributed by atoms with Gasteiger partial charge in [-0.3, -0.25) is 0 Å². The van der Waals surface area contributed by atoms with Crippen molar-refractivity contribution in [1.82, 2.24) is 0 Å². The van der Waals surface area contributed by atoms with Crippen LogP contribution in [0.1, 0.15) is 22.3 Å². The quantitative estimate of drug-likeness (QED) is 0.159. The van der Waals surface area contributed by atoms with E-state index < -0.39 is 5.41 Å². The Morgan fingerprint density at radius 3 is 1.39 bits per heavy atom. The monoisotopic (exact) mass is 776 g/mol. The normalized spacial score (nSPS) is 14.3. The number of hydrogen-bond acceptors (Lipinski definition) is 2. The van der Waals surface area contributed by atoms with Crippen LogP contribution < -0.4 is 9.80 Å². The third kappa shape index (κ3) is 5.22. The van der Waals surface area contributed by atoms with Gasteiger partial charge >= 0.3 is 0 Å². The van der Waals surface area contributed by atoms with Crippen LogP contribution in [0.2, 0.25) is 0 Å². The predicted molar refractivity (Wildman–Crippen MR) is 255 cm³/mol. The average Bonchev–Trinajstić information content (AvgIpc) is 3.81. The van der Waals surface area contributed by atoms with Gasteiger partial charge in [-0.15, -0.1) is 0 Å². The van der Waals surface area contributed by atoms with E-state index in [1.165, 1.54) is 66.4 Å². The second-order valence-electron chi connectivity index (χ2n) is 16.0. The van der Waals surface area contributed by atoms with E-state index in [2.05, 4.69) is 252 Å². The van der Waals surface area contributed by atoms with Gasteiger partial charge in [-0.25, -0.2) is 0 Å². The number of anilines is 6. The second kappa shape index (κ2) is 14.1. The van der Waals surface area contributed by atoms with Crippen LogP contribution in [0.4, 0.5) is 34.1 Å². The highest BCUT2D eigenvalue weighted by atomic mass is 15.2. The van der Waals surface area contributed by atoms with Gasteiger partial charge in [-0.1, -0.05) is 188 Å². The predicted octanol–water partition coefficient (Wildman–Crippen LogP) is 15.8. The van der Waals surface area contributed by atoms with Crippen LogP contribution in [0.15, 0.2) is 243 Å². The Labute approximate surface area is 356 Å². The van der Waals surface area contributed by atoms with Crippen LogP contribution >= 0.6 is 0 Å². The van der Waals surface area contributed by atoms with Crippen LogP contribution in [-0.2, 0) is 5.41 Å². The second-order valence-corrected chi connectivity index (χ2v) is 16.0. The van der Waals surface area contributed by atoms with Gasteiger partial charge in [-0.2, -0.15) is 0 Å². The lowest BCUT2D eigenvalue weighted by atomic mass is 9.69. The lowest BCUT2D eigenvalue weighted by molar-refractivity contribution is 0.801. The third-order valence-corrected chi connectivity index (χ3v) is 12.8. The number of nitrogens with zero attached hydrogens (tertiary/aromatic N) is 2. The summed E-state index contributed by atoms with van der Waals surface area (Å²) < 4.78 is 0. The Morgan fingerprint density at radius 2 is 0.738 bits per heavy atom. The molecule has 0 saturated carbocycles. The molecule has 0 radical (unpaired) electrons. The van der Waals surface area contributed by atoms with Gasteiger partial charge in [-0.05, 0) is 104 Å². The molecule has 0 N–H and O–H groups in total. The Kier molecular flexibility index (Phi) is 8.11. The number of benzene rings is 10. The third-order valence-electron chi connectivity index (χ3n) is 12.8. The van der Waals surface area contributed by atoms with E-state index >= 15 is 0 Å². The summed E-state index contributed by atoms with van der Waals surface area (Å²) in [5.74, 6) is 0. The summed E-state index contributed by atoms with van der Waals surface area (Å²) in [5, 5.41) is 2.47. The van der Waals surface area contributed by atoms with E-state index in [1.807, 2.05) is 0 Å². The zero-order chi connectivity index (χ0) is 40.3. The fourth-order valence-electron chi connectivity index (χ4n) is 10.5. The maximum atomic E-state index is 2.48. The highest BCUT2D eigenvalue weighted by Gasteiger charge is 2.53. The van der Waals surface area contributed by atoms with Gasteiger partial charge in [0.05, 0.1) is 22.5 Å². The molecule has 0 aromatic heterocycles. The number of hydrogen-bond donors (Lipinski definition) is 0. The molecule has 1 atom stereocenters. The van der Waals surface area contributed by atoms with Crippen LogP contribution in [0.3, 0.4) is 0 Å². The standard InChI is InChI=1S/C59H40N2/c1-5-22-41(23-6-1)45-30-17-20-38-54(45)61(44-28-11-4-12-29-44)55-39-21-37-53-57(55)49-34-16-19-36-52(49)59(53)51-35-18-15-31-46(51)50-40-56(47-32-13-14-33-48(47)58(50)59)60(42-24-7-2-8-25-42)43-26-9-3-10-27-43/h1-40H. The molecule has 0 bridgehead atoms. The van der Waals surface area contributed by atoms with Crippen molar-refractivity contribution in [1.29, 1.82) is 0 Å². The summed E-state index contributed by atoms with van der Waals surface area (Å²) in [6.07, 6.45) is 0. The molecule has 0 amide bonds. The zero-order valence-corrected chi connectivity index (χ0v) is 33.5. The van der Waals surface area contributed by atoms with Crippen LogP contribution in [-0.4, -0.2) is 0 Å². The molecule has 61 heavy (non-hydrogen) atoms. The molecular weight excluding hydrogens is 737 g/mol. The molecule has 10 aromatic rings. The highest BCUT2D eigenvalue weighted by molar-refractivity contribution is 6.11. The SMILES string of the molecule is c1ccc(-c2ccccc2N(c2ccccc2)c2cccc3c2-c2ccccc2C32c3ccccc3-c3cc(N(c4ccccc4)c4ccccc4)c4ccccc4c32)cc1. The number of fused-ring (bicyclic) bond motifs is 12. The summed E-state index contributed by atoms with van der Waals surface area (Å²) in [4.78, 5) is 4.91. The van der Waals surface area contributed by atoms with Crippen molar-refractivity contribution in [2.45, 2.75) is 5.41 Å². The minimum absolute atomic E-state index is 0.572. The van der Waals surface area contributed by atoms with Gasteiger partial charge in [0, 0.05) is 33.6 Å². The Hall–Kier alpha value is -7.94. The Morgan fingerprint density at radius 1 is 0.279 bits per heavy atom. The van der Waals surface area contributed by atoms with Crippen LogP contribution in [0, 0.1) is 0 Å².